The van der Waals surface area contributed by atoms with Crippen LogP contribution in [0.2, 0.25) is 0 Å². The van der Waals surface area contributed by atoms with Crippen molar-refractivity contribution in [3.8, 4) is 0 Å². The zero-order chi connectivity index (χ0) is 40.3. The zero-order valence-corrected chi connectivity index (χ0v) is 37.4. The lowest BCUT2D eigenvalue weighted by Gasteiger charge is -2.18. The highest BCUT2D eigenvalue weighted by Gasteiger charge is 2.19. The Balaban J connectivity index is 4.31. The van der Waals surface area contributed by atoms with E-state index in [1.165, 1.54) is 167 Å². The molecule has 0 spiro atoms. The molecule has 0 rings (SSSR count). The summed E-state index contributed by atoms with van der Waals surface area (Å²) in [6.07, 6.45) is 43.7. The van der Waals surface area contributed by atoms with Crippen LogP contribution >= 0.6 is 0 Å². The van der Waals surface area contributed by atoms with Crippen molar-refractivity contribution in [1.82, 2.24) is 0 Å². The summed E-state index contributed by atoms with van der Waals surface area (Å²) in [5.74, 6) is -0.0544. The van der Waals surface area contributed by atoms with Crippen molar-refractivity contribution >= 4 is 17.9 Å². The average molecular weight is 779 g/mol. The van der Waals surface area contributed by atoms with E-state index < -0.39 is 6.10 Å². The molecule has 0 aromatic rings. The largest absolute Gasteiger partial charge is 0.462 e. The Morgan fingerprint density at radius 3 is 0.891 bits per heavy atom. The van der Waals surface area contributed by atoms with Crippen molar-refractivity contribution in [2.45, 2.75) is 278 Å². The summed E-state index contributed by atoms with van der Waals surface area (Å²) in [5.41, 5.74) is 0. The second kappa shape index (κ2) is 43.5. The van der Waals surface area contributed by atoms with Crippen LogP contribution in [0.15, 0.2) is 0 Å². The fourth-order valence-electron chi connectivity index (χ4n) is 7.33. The summed E-state index contributed by atoms with van der Waals surface area (Å²) in [6.45, 7) is 8.97. The number of carbonyl (C=O) groups is 3. The quantitative estimate of drug-likeness (QED) is 0.0348. The smallest absolute Gasteiger partial charge is 0.306 e. The third-order valence-electron chi connectivity index (χ3n) is 11.0. The molecule has 0 unspecified atom stereocenters. The van der Waals surface area contributed by atoms with Gasteiger partial charge in [-0.3, -0.25) is 14.4 Å². The lowest BCUT2D eigenvalue weighted by molar-refractivity contribution is -0.167. The van der Waals surface area contributed by atoms with Crippen LogP contribution in [0.3, 0.4) is 0 Å². The number of esters is 3. The van der Waals surface area contributed by atoms with E-state index in [1.807, 2.05) is 0 Å². The minimum atomic E-state index is -0.759. The number of unbranched alkanes of at least 4 members (excludes halogenated alkanes) is 31. The summed E-state index contributed by atoms with van der Waals surface area (Å²) >= 11 is 0. The van der Waals surface area contributed by atoms with Gasteiger partial charge in [-0.25, -0.2) is 0 Å². The molecule has 0 aromatic heterocycles. The van der Waals surface area contributed by atoms with E-state index in [-0.39, 0.29) is 31.1 Å². The van der Waals surface area contributed by atoms with E-state index >= 15 is 0 Å². The predicted molar refractivity (Wildman–Crippen MR) is 233 cm³/mol. The molecule has 0 aliphatic rings. The lowest BCUT2D eigenvalue weighted by Crippen LogP contribution is -2.30. The van der Waals surface area contributed by atoms with Gasteiger partial charge in [-0.15, -0.1) is 0 Å². The fraction of sp³-hybridized carbons (Fsp3) is 0.939. The van der Waals surface area contributed by atoms with Gasteiger partial charge in [0.2, 0.25) is 0 Å². The van der Waals surface area contributed by atoms with Crippen LogP contribution in [0.5, 0.6) is 0 Å². The maximum absolute atomic E-state index is 12.7. The molecule has 6 heteroatoms. The van der Waals surface area contributed by atoms with Crippen LogP contribution in [0.4, 0.5) is 0 Å². The number of hydrogen-bond acceptors (Lipinski definition) is 6. The Labute approximate surface area is 342 Å². The summed E-state index contributed by atoms with van der Waals surface area (Å²) in [6, 6.07) is 0. The van der Waals surface area contributed by atoms with Gasteiger partial charge in [0.25, 0.3) is 0 Å². The number of carbonyl (C=O) groups excluding carboxylic acids is 3. The Bertz CT molecular complexity index is 826. The van der Waals surface area contributed by atoms with E-state index in [9.17, 15) is 14.4 Å². The second-order valence-corrected chi connectivity index (χ2v) is 17.2. The highest BCUT2D eigenvalue weighted by Crippen LogP contribution is 2.16. The van der Waals surface area contributed by atoms with E-state index in [1.54, 1.807) is 0 Å². The Hall–Kier alpha value is -1.59. The third-order valence-corrected chi connectivity index (χ3v) is 11.0. The monoisotopic (exact) mass is 779 g/mol. The first kappa shape index (κ1) is 53.4. The maximum Gasteiger partial charge on any atom is 0.306 e. The highest BCUT2D eigenvalue weighted by molar-refractivity contribution is 5.71. The molecular formula is C49H94O6. The van der Waals surface area contributed by atoms with Crippen molar-refractivity contribution in [3.05, 3.63) is 0 Å². The molecule has 0 aliphatic carbocycles. The molecule has 1 atom stereocenters. The Morgan fingerprint density at radius 1 is 0.345 bits per heavy atom. The summed E-state index contributed by atoms with van der Waals surface area (Å²) in [5, 5.41) is 0. The van der Waals surface area contributed by atoms with Gasteiger partial charge in [-0.05, 0) is 25.2 Å². The fourth-order valence-corrected chi connectivity index (χ4v) is 7.33. The van der Waals surface area contributed by atoms with Crippen LogP contribution in [0.1, 0.15) is 272 Å². The number of rotatable bonds is 44. The van der Waals surface area contributed by atoms with Gasteiger partial charge >= 0.3 is 17.9 Å². The molecular weight excluding hydrogens is 685 g/mol. The van der Waals surface area contributed by atoms with E-state index in [0.29, 0.717) is 19.3 Å². The van der Waals surface area contributed by atoms with Gasteiger partial charge in [-0.1, -0.05) is 233 Å². The predicted octanol–water partition coefficient (Wildman–Crippen LogP) is 15.5. The molecule has 0 radical (unpaired) electrons. The second-order valence-electron chi connectivity index (χ2n) is 17.2. The molecule has 0 N–H and O–H groups in total. The van der Waals surface area contributed by atoms with Crippen molar-refractivity contribution in [3.63, 3.8) is 0 Å². The Kier molecular flexibility index (Phi) is 42.3. The first-order valence-electron chi connectivity index (χ1n) is 24.4. The molecule has 0 heterocycles. The summed E-state index contributed by atoms with van der Waals surface area (Å²) in [4.78, 5) is 37.8. The van der Waals surface area contributed by atoms with Crippen LogP contribution < -0.4 is 0 Å². The van der Waals surface area contributed by atoms with Gasteiger partial charge in [0.15, 0.2) is 6.10 Å². The van der Waals surface area contributed by atoms with Crippen molar-refractivity contribution in [2.24, 2.45) is 5.92 Å². The number of hydrogen-bond donors (Lipinski definition) is 0. The minimum absolute atomic E-state index is 0.0636. The molecule has 0 bridgehead atoms. The van der Waals surface area contributed by atoms with E-state index in [4.69, 9.17) is 14.2 Å². The third kappa shape index (κ3) is 43.4. The highest BCUT2D eigenvalue weighted by atomic mass is 16.6. The zero-order valence-electron chi connectivity index (χ0n) is 37.4. The topological polar surface area (TPSA) is 78.9 Å². The summed E-state index contributed by atoms with van der Waals surface area (Å²) < 4.78 is 16.7. The molecule has 0 amide bonds. The van der Waals surface area contributed by atoms with Crippen LogP contribution in [-0.4, -0.2) is 37.2 Å². The average Bonchev–Trinajstić information content (AvgIpc) is 3.17. The van der Waals surface area contributed by atoms with Gasteiger partial charge in [0.1, 0.15) is 13.2 Å². The molecule has 0 saturated carbocycles. The molecule has 6 nitrogen and oxygen atoms in total. The lowest BCUT2D eigenvalue weighted by atomic mass is 10.0. The van der Waals surface area contributed by atoms with E-state index in [0.717, 1.165) is 63.7 Å². The maximum atomic E-state index is 12.7. The van der Waals surface area contributed by atoms with Crippen molar-refractivity contribution in [2.75, 3.05) is 13.2 Å². The summed E-state index contributed by atoms with van der Waals surface area (Å²) in [7, 11) is 0. The standard InChI is InChI=1S/C49H94O6/c1-5-7-9-11-13-15-17-18-19-20-22-24-30-34-38-42-49(52)55-46(43-53-47(50)40-36-32-28-23-21-16-14-12-10-8-6-2)44-54-48(51)41-37-33-29-26-25-27-31-35-39-45(3)4/h45-46H,5-44H2,1-4H3/t46-/m0/s1. The molecule has 326 valence electrons. The van der Waals surface area contributed by atoms with Crippen LogP contribution in [-0.2, 0) is 28.6 Å². The first-order valence-corrected chi connectivity index (χ1v) is 24.4. The number of ether oxygens (including phenoxy) is 3. The Morgan fingerprint density at radius 2 is 0.600 bits per heavy atom. The van der Waals surface area contributed by atoms with Crippen LogP contribution in [0, 0.1) is 5.92 Å². The van der Waals surface area contributed by atoms with Gasteiger partial charge < -0.3 is 14.2 Å². The van der Waals surface area contributed by atoms with Crippen molar-refractivity contribution < 1.29 is 28.6 Å². The normalized spacial score (nSPS) is 11.9. The van der Waals surface area contributed by atoms with E-state index in [2.05, 4.69) is 27.7 Å². The van der Waals surface area contributed by atoms with Gasteiger partial charge in [0.05, 0.1) is 0 Å². The molecule has 0 aromatic carbocycles. The first-order chi connectivity index (χ1) is 26.9. The molecule has 0 saturated heterocycles. The van der Waals surface area contributed by atoms with Crippen LogP contribution in [0.25, 0.3) is 0 Å². The van der Waals surface area contributed by atoms with Crippen molar-refractivity contribution in [1.29, 1.82) is 0 Å². The molecule has 0 fully saturated rings. The molecule has 55 heavy (non-hydrogen) atoms. The van der Waals surface area contributed by atoms with Gasteiger partial charge in [0, 0.05) is 19.3 Å². The minimum Gasteiger partial charge on any atom is -0.462 e. The SMILES string of the molecule is CCCCCCCCCCCCCCCCCC(=O)O[C@@H](COC(=O)CCCCCCCCCCCCC)COC(=O)CCCCCCCCCCC(C)C. The van der Waals surface area contributed by atoms with Gasteiger partial charge in [-0.2, -0.15) is 0 Å². The molecule has 0 aliphatic heterocycles.